The molecule has 0 saturated carbocycles. The molecule has 40 heavy (non-hydrogen) atoms. The Hall–Kier alpha value is -4.66. The fourth-order valence-electron chi connectivity index (χ4n) is 6.10. The monoisotopic (exact) mass is 541 g/mol. The van der Waals surface area contributed by atoms with Gasteiger partial charge in [-0.3, -0.25) is 9.59 Å². The molecule has 0 radical (unpaired) electrons. The van der Waals surface area contributed by atoms with Crippen molar-refractivity contribution in [2.45, 2.75) is 25.0 Å². The van der Waals surface area contributed by atoms with Crippen molar-refractivity contribution >= 4 is 22.7 Å². The van der Waals surface area contributed by atoms with Gasteiger partial charge in [-0.05, 0) is 35.4 Å². The topological polar surface area (TPSA) is 93.3 Å². The second kappa shape index (κ2) is 10.1. The number of carbonyl (C=O) groups excluding carboxylic acids is 2. The van der Waals surface area contributed by atoms with E-state index in [0.29, 0.717) is 29.4 Å². The number of hydrogen-bond acceptors (Lipinski definition) is 6. The van der Waals surface area contributed by atoms with E-state index in [0.717, 1.165) is 33.3 Å². The molecule has 0 spiro atoms. The maximum absolute atomic E-state index is 14.1. The van der Waals surface area contributed by atoms with Crippen LogP contribution in [0.1, 0.15) is 28.4 Å². The molecule has 6 rings (SSSR count). The van der Waals surface area contributed by atoms with Crippen LogP contribution < -0.4 is 18.9 Å². The average Bonchev–Trinajstić information content (AvgIpc) is 3.36. The van der Waals surface area contributed by atoms with Crippen molar-refractivity contribution in [3.63, 3.8) is 0 Å². The minimum absolute atomic E-state index is 0.0378. The van der Waals surface area contributed by atoms with E-state index in [1.54, 1.807) is 38.2 Å². The number of piperazine rings is 1. The Morgan fingerprint density at radius 2 is 1.52 bits per heavy atom. The van der Waals surface area contributed by atoms with E-state index in [1.165, 1.54) is 0 Å². The summed E-state index contributed by atoms with van der Waals surface area (Å²) in [4.78, 5) is 35.0. The molecule has 2 amide bonds. The number of ether oxygens (including phenoxy) is 4. The normalized spacial score (nSPS) is 18.4. The maximum atomic E-state index is 14.1. The molecule has 1 saturated heterocycles. The number of aromatic amines is 1. The number of carbonyl (C=O) groups is 2. The lowest BCUT2D eigenvalue weighted by Gasteiger charge is -2.47. The summed E-state index contributed by atoms with van der Waals surface area (Å²) in [6.07, 6.45) is 0.410. The van der Waals surface area contributed by atoms with Gasteiger partial charge in [-0.15, -0.1) is 0 Å². The van der Waals surface area contributed by atoms with Crippen LogP contribution in [0.5, 0.6) is 23.0 Å². The number of hydrogen-bond donors (Lipinski definition) is 1. The highest BCUT2D eigenvalue weighted by molar-refractivity contribution is 5.97. The van der Waals surface area contributed by atoms with Gasteiger partial charge in [-0.2, -0.15) is 0 Å². The van der Waals surface area contributed by atoms with Gasteiger partial charge in [0.25, 0.3) is 0 Å². The fraction of sp³-hybridized carbons (Fsp3) is 0.290. The van der Waals surface area contributed by atoms with Crippen molar-refractivity contribution in [3.8, 4) is 23.0 Å². The first-order chi connectivity index (χ1) is 19.5. The van der Waals surface area contributed by atoms with Crippen LogP contribution in [0.3, 0.4) is 0 Å². The second-order valence-corrected chi connectivity index (χ2v) is 9.95. The molecule has 1 N–H and O–H groups in total. The van der Waals surface area contributed by atoms with Crippen molar-refractivity contribution in [2.24, 2.45) is 0 Å². The minimum Gasteiger partial charge on any atom is -0.496 e. The van der Waals surface area contributed by atoms with E-state index in [-0.39, 0.29) is 24.9 Å². The molecule has 9 nitrogen and oxygen atoms in total. The number of nitrogens with one attached hydrogen (secondary N) is 1. The lowest BCUT2D eigenvalue weighted by molar-refractivity contribution is -0.159. The summed E-state index contributed by atoms with van der Waals surface area (Å²) < 4.78 is 22.3. The molecule has 2 atom stereocenters. The lowest BCUT2D eigenvalue weighted by Crippen LogP contribution is -2.62. The average molecular weight is 542 g/mol. The van der Waals surface area contributed by atoms with Gasteiger partial charge < -0.3 is 33.7 Å². The van der Waals surface area contributed by atoms with Crippen molar-refractivity contribution in [1.82, 2.24) is 14.8 Å². The summed E-state index contributed by atoms with van der Waals surface area (Å²) in [5, 5.41) is 1.04. The molecule has 1 fully saturated rings. The Morgan fingerprint density at radius 1 is 0.850 bits per heavy atom. The molecule has 0 unspecified atom stereocenters. The number of methoxy groups -OCH3 is 4. The molecular formula is C31H31N3O6. The molecular weight excluding hydrogens is 510 g/mol. The number of amides is 2. The van der Waals surface area contributed by atoms with Crippen LogP contribution in [0.25, 0.3) is 10.9 Å². The quantitative estimate of drug-likeness (QED) is 0.379. The Bertz CT molecular complexity index is 1590. The molecule has 3 aromatic carbocycles. The number of para-hydroxylation sites is 2. The zero-order chi connectivity index (χ0) is 28.0. The molecule has 2 aliphatic heterocycles. The molecule has 0 bridgehead atoms. The van der Waals surface area contributed by atoms with Crippen LogP contribution in [0.2, 0.25) is 0 Å². The highest BCUT2D eigenvalue weighted by atomic mass is 16.5. The zero-order valence-electron chi connectivity index (χ0n) is 22.9. The lowest BCUT2D eigenvalue weighted by atomic mass is 9.86. The first kappa shape index (κ1) is 25.6. The molecule has 4 aromatic rings. The third-order valence-electron chi connectivity index (χ3n) is 7.90. The van der Waals surface area contributed by atoms with E-state index >= 15 is 0 Å². The van der Waals surface area contributed by atoms with E-state index < -0.39 is 12.1 Å². The molecule has 0 aliphatic carbocycles. The smallest absolute Gasteiger partial charge is 0.246 e. The van der Waals surface area contributed by atoms with E-state index in [2.05, 4.69) is 4.98 Å². The first-order valence-electron chi connectivity index (χ1n) is 13.1. The molecule has 206 valence electrons. The number of rotatable bonds is 7. The number of H-pyrrole nitrogens is 1. The standard InChI is InChI=1S/C31H31N3O6/c1-37-24-12-8-5-9-18(24)16-33-17-27(35)34-23(31(33)36)15-21-20-10-6-7-11-22(20)32-28(21)29(34)19-13-25(38-2)30(40-4)26(14-19)39-3/h5-14,23,29,32H,15-17H2,1-4H3/t23-,29+/m0/s1. The van der Waals surface area contributed by atoms with E-state index in [9.17, 15) is 9.59 Å². The van der Waals surface area contributed by atoms with Gasteiger partial charge in [-0.25, -0.2) is 0 Å². The number of benzene rings is 3. The molecule has 1 aromatic heterocycles. The van der Waals surface area contributed by atoms with Crippen LogP contribution >= 0.6 is 0 Å². The van der Waals surface area contributed by atoms with Crippen molar-refractivity contribution in [1.29, 1.82) is 0 Å². The summed E-state index contributed by atoms with van der Waals surface area (Å²) >= 11 is 0. The van der Waals surface area contributed by atoms with E-state index in [1.807, 2.05) is 60.7 Å². The van der Waals surface area contributed by atoms with Crippen LogP contribution in [-0.4, -0.2) is 67.6 Å². The summed E-state index contributed by atoms with van der Waals surface area (Å²) in [6, 6.07) is 18.0. The zero-order valence-corrected chi connectivity index (χ0v) is 22.9. The summed E-state index contributed by atoms with van der Waals surface area (Å²) in [5.41, 5.74) is 4.47. The number of fused-ring (bicyclic) bond motifs is 4. The Balaban J connectivity index is 1.49. The van der Waals surface area contributed by atoms with Crippen LogP contribution in [0, 0.1) is 0 Å². The van der Waals surface area contributed by atoms with Gasteiger partial charge in [0, 0.05) is 35.1 Å². The Labute approximate surface area is 232 Å². The predicted molar refractivity (Wildman–Crippen MR) is 149 cm³/mol. The minimum atomic E-state index is -0.674. The van der Waals surface area contributed by atoms with Gasteiger partial charge in [0.1, 0.15) is 18.3 Å². The van der Waals surface area contributed by atoms with E-state index in [4.69, 9.17) is 18.9 Å². The van der Waals surface area contributed by atoms with Crippen LogP contribution in [-0.2, 0) is 22.6 Å². The molecule has 3 heterocycles. The van der Waals surface area contributed by atoms with Crippen molar-refractivity contribution in [2.75, 3.05) is 35.0 Å². The number of nitrogens with zero attached hydrogens (tertiary/aromatic N) is 2. The van der Waals surface area contributed by atoms with Crippen LogP contribution in [0.4, 0.5) is 0 Å². The summed E-state index contributed by atoms with van der Waals surface area (Å²) in [6.45, 7) is 0.248. The third kappa shape index (κ3) is 4.00. The summed E-state index contributed by atoms with van der Waals surface area (Å²) in [5.74, 6) is 1.86. The predicted octanol–water partition coefficient (Wildman–Crippen LogP) is 4.09. The first-order valence-corrected chi connectivity index (χ1v) is 13.1. The summed E-state index contributed by atoms with van der Waals surface area (Å²) in [7, 11) is 6.27. The van der Waals surface area contributed by atoms with Crippen molar-refractivity contribution in [3.05, 3.63) is 83.0 Å². The van der Waals surface area contributed by atoms with Crippen LogP contribution in [0.15, 0.2) is 60.7 Å². The fourth-order valence-corrected chi connectivity index (χ4v) is 6.10. The van der Waals surface area contributed by atoms with Gasteiger partial charge in [0.05, 0.1) is 34.5 Å². The molecule has 2 aliphatic rings. The molecule has 9 heteroatoms. The second-order valence-electron chi connectivity index (χ2n) is 9.95. The largest absolute Gasteiger partial charge is 0.496 e. The SMILES string of the molecule is COc1ccccc1CN1CC(=O)N2[C@H](c3cc(OC)c(OC)c(OC)c3)c3[nH]c4ccccc4c3C[C@H]2C1=O. The highest BCUT2D eigenvalue weighted by Gasteiger charge is 2.48. The maximum Gasteiger partial charge on any atom is 0.246 e. The Morgan fingerprint density at radius 3 is 2.23 bits per heavy atom. The van der Waals surface area contributed by atoms with Crippen molar-refractivity contribution < 1.29 is 28.5 Å². The van der Waals surface area contributed by atoms with Gasteiger partial charge in [0.15, 0.2) is 11.5 Å². The van der Waals surface area contributed by atoms with Gasteiger partial charge >= 0.3 is 0 Å². The Kier molecular flexibility index (Phi) is 6.50. The van der Waals surface area contributed by atoms with Gasteiger partial charge in [0.2, 0.25) is 17.6 Å². The number of aromatic nitrogens is 1. The third-order valence-corrected chi connectivity index (χ3v) is 7.90. The highest BCUT2D eigenvalue weighted by Crippen LogP contribution is 2.47. The van der Waals surface area contributed by atoms with Gasteiger partial charge in [-0.1, -0.05) is 36.4 Å².